The molecule has 2 saturated heterocycles. The average molecular weight is 249 g/mol. The summed E-state index contributed by atoms with van der Waals surface area (Å²) >= 11 is 0. The number of nitrogens with zero attached hydrogens (tertiary/aromatic N) is 3. The molecule has 96 valence electrons. The maximum absolute atomic E-state index is 11.0. The Morgan fingerprint density at radius 2 is 2.06 bits per heavy atom. The Morgan fingerprint density at radius 3 is 2.67 bits per heavy atom. The molecule has 6 nitrogen and oxygen atoms in total. The number of carboxylic acids is 1. The molecule has 0 radical (unpaired) electrons. The summed E-state index contributed by atoms with van der Waals surface area (Å²) in [6, 6.07) is 1.49. The predicted molar refractivity (Wildman–Crippen MR) is 63.8 cm³/mol. The molecule has 2 fully saturated rings. The van der Waals surface area contributed by atoms with Crippen LogP contribution in [0.2, 0.25) is 0 Å². The quantitative estimate of drug-likeness (QED) is 0.837. The lowest BCUT2D eigenvalue weighted by molar-refractivity contribution is 0.0299. The van der Waals surface area contributed by atoms with Crippen LogP contribution in [0.4, 0.5) is 5.95 Å². The van der Waals surface area contributed by atoms with Gasteiger partial charge >= 0.3 is 5.97 Å². The van der Waals surface area contributed by atoms with Crippen molar-refractivity contribution >= 4 is 11.9 Å². The molecule has 1 aromatic rings. The highest BCUT2D eigenvalue weighted by atomic mass is 16.5. The molecule has 0 saturated carbocycles. The molecule has 0 spiro atoms. The maximum Gasteiger partial charge on any atom is 0.354 e. The fraction of sp³-hybridized carbons (Fsp3) is 0.583. The third-order valence-corrected chi connectivity index (χ3v) is 3.39. The lowest BCUT2D eigenvalue weighted by Gasteiger charge is -2.32. The van der Waals surface area contributed by atoms with E-state index in [0.29, 0.717) is 11.6 Å². The Hall–Kier alpha value is -1.69. The number of morpholine rings is 1. The van der Waals surface area contributed by atoms with Crippen LogP contribution in [0, 0.1) is 6.92 Å². The van der Waals surface area contributed by atoms with Crippen LogP contribution in [0.5, 0.6) is 0 Å². The second kappa shape index (κ2) is 4.20. The molecule has 3 rings (SSSR count). The zero-order valence-electron chi connectivity index (χ0n) is 10.2. The van der Waals surface area contributed by atoms with Crippen LogP contribution in [-0.4, -0.2) is 46.3 Å². The van der Waals surface area contributed by atoms with Crippen molar-refractivity contribution in [1.82, 2.24) is 9.97 Å². The minimum absolute atomic E-state index is 0.0522. The van der Waals surface area contributed by atoms with Crippen LogP contribution in [-0.2, 0) is 4.74 Å². The van der Waals surface area contributed by atoms with E-state index in [1.54, 1.807) is 6.92 Å². The lowest BCUT2D eigenvalue weighted by Crippen LogP contribution is -2.43. The molecule has 2 aliphatic rings. The molecule has 3 heterocycles. The predicted octanol–water partition coefficient (Wildman–Crippen LogP) is 0.851. The van der Waals surface area contributed by atoms with Gasteiger partial charge < -0.3 is 14.7 Å². The van der Waals surface area contributed by atoms with E-state index in [1.165, 1.54) is 6.07 Å². The van der Waals surface area contributed by atoms with Gasteiger partial charge in [0.1, 0.15) is 0 Å². The molecule has 1 N–H and O–H groups in total. The largest absolute Gasteiger partial charge is 0.477 e. The van der Waals surface area contributed by atoms with E-state index < -0.39 is 5.97 Å². The summed E-state index contributed by atoms with van der Waals surface area (Å²) in [5.74, 6) is -0.509. The molecule has 18 heavy (non-hydrogen) atoms. The third-order valence-electron chi connectivity index (χ3n) is 3.39. The fourth-order valence-corrected chi connectivity index (χ4v) is 2.58. The van der Waals surface area contributed by atoms with Gasteiger partial charge in [0, 0.05) is 18.8 Å². The highest BCUT2D eigenvalue weighted by Crippen LogP contribution is 2.28. The highest BCUT2D eigenvalue weighted by molar-refractivity contribution is 5.85. The number of aromatic nitrogens is 2. The van der Waals surface area contributed by atoms with Gasteiger partial charge in [-0.1, -0.05) is 0 Å². The zero-order valence-corrected chi connectivity index (χ0v) is 10.2. The molecular formula is C12H15N3O3. The number of ether oxygens (including phenoxy) is 1. The van der Waals surface area contributed by atoms with Gasteiger partial charge in [0.05, 0.1) is 12.2 Å². The lowest BCUT2D eigenvalue weighted by atomic mass is 10.2. The SMILES string of the molecule is Cc1cc(C(=O)O)nc(N2CC3CCC(C2)O3)n1. The summed E-state index contributed by atoms with van der Waals surface area (Å²) in [4.78, 5) is 21.5. The fourth-order valence-electron chi connectivity index (χ4n) is 2.58. The van der Waals surface area contributed by atoms with Crippen LogP contribution in [0.3, 0.4) is 0 Å². The van der Waals surface area contributed by atoms with E-state index in [2.05, 4.69) is 9.97 Å². The second-order valence-corrected chi connectivity index (χ2v) is 4.86. The van der Waals surface area contributed by atoms with E-state index in [0.717, 1.165) is 25.9 Å². The van der Waals surface area contributed by atoms with Crippen molar-refractivity contribution in [2.24, 2.45) is 0 Å². The number of fused-ring (bicyclic) bond motifs is 2. The standard InChI is InChI=1S/C12H15N3O3/c1-7-4-10(11(16)17)14-12(13-7)15-5-8-2-3-9(6-15)18-8/h4,8-9H,2-3,5-6H2,1H3,(H,16,17). The molecule has 2 aliphatic heterocycles. The molecule has 0 aliphatic carbocycles. The van der Waals surface area contributed by atoms with Crippen LogP contribution < -0.4 is 4.90 Å². The zero-order chi connectivity index (χ0) is 12.7. The Balaban J connectivity index is 1.89. The van der Waals surface area contributed by atoms with Gasteiger partial charge in [0.25, 0.3) is 0 Å². The van der Waals surface area contributed by atoms with Gasteiger partial charge in [-0.2, -0.15) is 0 Å². The summed E-state index contributed by atoms with van der Waals surface area (Å²) in [6.07, 6.45) is 2.61. The van der Waals surface area contributed by atoms with Gasteiger partial charge in [0.15, 0.2) is 5.69 Å². The minimum atomic E-state index is -1.02. The topological polar surface area (TPSA) is 75.5 Å². The van der Waals surface area contributed by atoms with E-state index in [4.69, 9.17) is 9.84 Å². The number of hydrogen-bond acceptors (Lipinski definition) is 5. The number of carbonyl (C=O) groups is 1. The molecule has 1 aromatic heterocycles. The Bertz CT molecular complexity index is 479. The Kier molecular flexibility index (Phi) is 2.66. The monoisotopic (exact) mass is 249 g/mol. The van der Waals surface area contributed by atoms with Crippen LogP contribution in [0.1, 0.15) is 29.0 Å². The number of rotatable bonds is 2. The molecule has 2 bridgehead atoms. The Labute approximate surface area is 105 Å². The van der Waals surface area contributed by atoms with Crippen molar-refractivity contribution in [3.05, 3.63) is 17.5 Å². The first kappa shape index (κ1) is 11.4. The van der Waals surface area contributed by atoms with E-state index in [-0.39, 0.29) is 17.9 Å². The first-order valence-electron chi connectivity index (χ1n) is 6.11. The summed E-state index contributed by atoms with van der Waals surface area (Å²) in [7, 11) is 0. The van der Waals surface area contributed by atoms with E-state index >= 15 is 0 Å². The maximum atomic E-state index is 11.0. The van der Waals surface area contributed by atoms with Gasteiger partial charge in [-0.3, -0.25) is 0 Å². The molecule has 0 aromatic carbocycles. The van der Waals surface area contributed by atoms with Crippen LogP contribution >= 0.6 is 0 Å². The highest BCUT2D eigenvalue weighted by Gasteiger charge is 2.34. The van der Waals surface area contributed by atoms with Crippen molar-refractivity contribution in [3.8, 4) is 0 Å². The van der Waals surface area contributed by atoms with Gasteiger partial charge in [0.2, 0.25) is 5.95 Å². The molecule has 2 unspecified atom stereocenters. The van der Waals surface area contributed by atoms with Crippen LogP contribution in [0.25, 0.3) is 0 Å². The van der Waals surface area contributed by atoms with Crippen molar-refractivity contribution in [1.29, 1.82) is 0 Å². The normalized spacial score (nSPS) is 26.4. The molecular weight excluding hydrogens is 234 g/mol. The minimum Gasteiger partial charge on any atom is -0.477 e. The van der Waals surface area contributed by atoms with Gasteiger partial charge in [-0.15, -0.1) is 0 Å². The third kappa shape index (κ3) is 2.03. The average Bonchev–Trinajstić information content (AvgIpc) is 2.67. The summed E-state index contributed by atoms with van der Waals surface area (Å²) < 4.78 is 5.74. The number of anilines is 1. The molecule has 0 amide bonds. The number of aryl methyl sites for hydroxylation is 1. The summed E-state index contributed by atoms with van der Waals surface area (Å²) in [5.41, 5.74) is 0.729. The van der Waals surface area contributed by atoms with Gasteiger partial charge in [-0.05, 0) is 25.8 Å². The van der Waals surface area contributed by atoms with Crippen molar-refractivity contribution < 1.29 is 14.6 Å². The smallest absolute Gasteiger partial charge is 0.354 e. The first-order valence-corrected chi connectivity index (χ1v) is 6.11. The molecule has 2 atom stereocenters. The second-order valence-electron chi connectivity index (χ2n) is 4.86. The Morgan fingerprint density at radius 1 is 1.39 bits per heavy atom. The number of hydrogen-bond donors (Lipinski definition) is 1. The van der Waals surface area contributed by atoms with Crippen molar-refractivity contribution in [2.45, 2.75) is 32.0 Å². The summed E-state index contributed by atoms with van der Waals surface area (Å²) in [5, 5.41) is 9.01. The number of aromatic carboxylic acids is 1. The van der Waals surface area contributed by atoms with Crippen LogP contribution in [0.15, 0.2) is 6.07 Å². The summed E-state index contributed by atoms with van der Waals surface area (Å²) in [6.45, 7) is 3.28. The van der Waals surface area contributed by atoms with Gasteiger partial charge in [-0.25, -0.2) is 14.8 Å². The van der Waals surface area contributed by atoms with Crippen molar-refractivity contribution in [3.63, 3.8) is 0 Å². The van der Waals surface area contributed by atoms with Crippen molar-refractivity contribution in [2.75, 3.05) is 18.0 Å². The number of carboxylic acid groups (broad SMARTS) is 1. The van der Waals surface area contributed by atoms with E-state index in [1.807, 2.05) is 4.90 Å². The molecule has 6 heteroatoms. The van der Waals surface area contributed by atoms with E-state index in [9.17, 15) is 4.79 Å². The first-order chi connectivity index (χ1) is 8.61.